The molecule has 0 radical (unpaired) electrons. The molecule has 140 valence electrons. The van der Waals surface area contributed by atoms with Crippen molar-refractivity contribution in [1.29, 1.82) is 0 Å². The van der Waals surface area contributed by atoms with E-state index in [2.05, 4.69) is 17.3 Å². The number of rotatable bonds is 3. The van der Waals surface area contributed by atoms with E-state index in [1.165, 1.54) is 18.3 Å². The summed E-state index contributed by atoms with van der Waals surface area (Å²) in [6.07, 6.45) is 6.81. The number of imide groups is 1. The highest BCUT2D eigenvalue weighted by Gasteiger charge is 2.67. The fourth-order valence-corrected chi connectivity index (χ4v) is 5.36. The summed E-state index contributed by atoms with van der Waals surface area (Å²) in [4.78, 5) is 25.8. The van der Waals surface area contributed by atoms with Crippen LogP contribution in [0.4, 0.5) is 4.39 Å². The topological polar surface area (TPSA) is 62.9 Å². The fraction of sp³-hybridized carbons (Fsp3) is 0.318. The zero-order chi connectivity index (χ0) is 19.0. The van der Waals surface area contributed by atoms with Crippen molar-refractivity contribution < 1.29 is 18.4 Å². The summed E-state index contributed by atoms with van der Waals surface area (Å²) >= 11 is 0. The zero-order valence-corrected chi connectivity index (χ0v) is 14.9. The summed E-state index contributed by atoms with van der Waals surface area (Å²) in [7, 11) is 0. The number of halogens is 1. The quantitative estimate of drug-likeness (QED) is 0.468. The van der Waals surface area contributed by atoms with Gasteiger partial charge in [-0.05, 0) is 66.5 Å². The third-order valence-corrected chi connectivity index (χ3v) is 6.70. The Morgan fingerprint density at radius 1 is 0.964 bits per heavy atom. The lowest BCUT2D eigenvalue weighted by Gasteiger charge is -2.37. The Kier molecular flexibility index (Phi) is 3.14. The van der Waals surface area contributed by atoms with Crippen LogP contribution >= 0.6 is 0 Å². The first-order chi connectivity index (χ1) is 13.6. The molecule has 1 saturated heterocycles. The van der Waals surface area contributed by atoms with Gasteiger partial charge in [0.05, 0.1) is 18.1 Å². The Balaban J connectivity index is 1.24. The highest BCUT2D eigenvalue weighted by Crippen LogP contribution is 2.65. The summed E-state index contributed by atoms with van der Waals surface area (Å²) in [5.74, 6) is 1.30. The van der Waals surface area contributed by atoms with Crippen LogP contribution < -0.4 is 0 Å². The molecule has 2 bridgehead atoms. The standard InChI is InChI=1S/C22H17FN2O3/c23-12-3-1-11(2-4-12)18-8-5-13(28-18)10-24-25-21(26)19-14-6-7-15(17-9-16(14)17)20(19)22(25)27/h1-8,10,14-17,19-20H,9H2/b24-10-/t14-,15-,16-,17+,19+,20+/m0/s1. The SMILES string of the molecule is O=C1[C@@H]2[C@H]3C=C[C@@H]([C@@H]4C[C@H]34)[C@H]2C(=O)N1/N=C\c1ccc(-c2ccc(F)cc2)o1. The van der Waals surface area contributed by atoms with Crippen molar-refractivity contribution in [3.63, 3.8) is 0 Å². The lowest BCUT2D eigenvalue weighted by atomic mass is 9.63. The zero-order valence-electron chi connectivity index (χ0n) is 14.9. The number of carbonyl (C=O) groups excluding carboxylic acids is 2. The largest absolute Gasteiger partial charge is 0.455 e. The Morgan fingerprint density at radius 3 is 2.25 bits per heavy atom. The second-order valence-electron chi connectivity index (χ2n) is 8.10. The van der Waals surface area contributed by atoms with Crippen LogP contribution in [-0.2, 0) is 9.59 Å². The highest BCUT2D eigenvalue weighted by atomic mass is 19.1. The molecular formula is C22H17FN2O3. The fourth-order valence-electron chi connectivity index (χ4n) is 5.36. The molecule has 0 unspecified atom stereocenters. The molecule has 7 rings (SSSR count). The Hall–Kier alpha value is -3.02. The van der Waals surface area contributed by atoms with E-state index in [0.29, 0.717) is 23.4 Å². The van der Waals surface area contributed by atoms with Crippen molar-refractivity contribution in [1.82, 2.24) is 5.01 Å². The minimum atomic E-state index is -0.314. The van der Waals surface area contributed by atoms with Gasteiger partial charge in [-0.2, -0.15) is 10.1 Å². The van der Waals surface area contributed by atoms with Gasteiger partial charge in [-0.3, -0.25) is 9.59 Å². The number of hydrogen-bond donors (Lipinski definition) is 0. The van der Waals surface area contributed by atoms with E-state index in [4.69, 9.17) is 4.42 Å². The first-order valence-electron chi connectivity index (χ1n) is 9.58. The number of carbonyl (C=O) groups is 2. The van der Waals surface area contributed by atoms with Crippen LogP contribution in [0.1, 0.15) is 12.2 Å². The summed E-state index contributed by atoms with van der Waals surface area (Å²) in [5.41, 5.74) is 0.738. The molecule has 0 spiro atoms. The molecule has 0 N–H and O–H groups in total. The molecule has 2 amide bonds. The first kappa shape index (κ1) is 16.0. The molecule has 28 heavy (non-hydrogen) atoms. The molecule has 2 aromatic rings. The summed E-state index contributed by atoms with van der Waals surface area (Å²) < 4.78 is 18.8. The van der Waals surface area contributed by atoms with Crippen molar-refractivity contribution in [3.05, 3.63) is 60.1 Å². The van der Waals surface area contributed by atoms with E-state index in [-0.39, 0.29) is 41.3 Å². The summed E-state index contributed by atoms with van der Waals surface area (Å²) in [6, 6.07) is 9.44. The molecule has 6 heteroatoms. The van der Waals surface area contributed by atoms with Crippen molar-refractivity contribution in [2.24, 2.45) is 40.6 Å². The van der Waals surface area contributed by atoms with Crippen LogP contribution in [-0.4, -0.2) is 23.0 Å². The van der Waals surface area contributed by atoms with Crippen molar-refractivity contribution in [3.8, 4) is 11.3 Å². The lowest BCUT2D eigenvalue weighted by molar-refractivity contribution is -0.140. The van der Waals surface area contributed by atoms with Crippen LogP contribution in [0.2, 0.25) is 0 Å². The Morgan fingerprint density at radius 2 is 1.61 bits per heavy atom. The van der Waals surface area contributed by atoms with E-state index in [9.17, 15) is 14.0 Å². The maximum absolute atomic E-state index is 13.1. The van der Waals surface area contributed by atoms with Gasteiger partial charge in [0.2, 0.25) is 0 Å². The smallest absolute Gasteiger partial charge is 0.254 e. The van der Waals surface area contributed by atoms with E-state index in [1.54, 1.807) is 24.3 Å². The first-order valence-corrected chi connectivity index (χ1v) is 9.58. The molecule has 3 fully saturated rings. The number of hydrazone groups is 1. The molecule has 1 aliphatic heterocycles. The van der Waals surface area contributed by atoms with Gasteiger partial charge < -0.3 is 4.42 Å². The molecular weight excluding hydrogens is 359 g/mol. The van der Waals surface area contributed by atoms with Gasteiger partial charge in [-0.25, -0.2) is 4.39 Å². The predicted molar refractivity (Wildman–Crippen MR) is 98.2 cm³/mol. The third-order valence-electron chi connectivity index (χ3n) is 6.70. The number of amides is 2. The van der Waals surface area contributed by atoms with Crippen LogP contribution in [0.5, 0.6) is 0 Å². The van der Waals surface area contributed by atoms with Gasteiger partial charge in [0.1, 0.15) is 17.3 Å². The third kappa shape index (κ3) is 2.14. The van der Waals surface area contributed by atoms with Gasteiger partial charge >= 0.3 is 0 Å². The van der Waals surface area contributed by atoms with Gasteiger partial charge in [-0.1, -0.05) is 12.2 Å². The second kappa shape index (κ2) is 5.50. The summed E-state index contributed by atoms with van der Waals surface area (Å²) in [6.45, 7) is 0. The molecule has 2 heterocycles. The minimum Gasteiger partial charge on any atom is -0.455 e. The average molecular weight is 376 g/mol. The van der Waals surface area contributed by atoms with Crippen molar-refractivity contribution in [2.75, 3.05) is 0 Å². The maximum Gasteiger partial charge on any atom is 0.254 e. The highest BCUT2D eigenvalue weighted by molar-refractivity contribution is 6.06. The number of allylic oxidation sites excluding steroid dienone is 2. The molecule has 1 aromatic heterocycles. The van der Waals surface area contributed by atoms with Crippen molar-refractivity contribution >= 4 is 18.0 Å². The van der Waals surface area contributed by atoms with Crippen LogP contribution in [0.15, 0.2) is 58.1 Å². The van der Waals surface area contributed by atoms with Gasteiger partial charge in [0.25, 0.3) is 11.8 Å². The average Bonchev–Trinajstić information content (AvgIpc) is 3.34. The molecule has 5 nitrogen and oxygen atoms in total. The van der Waals surface area contributed by atoms with E-state index >= 15 is 0 Å². The molecule has 1 aromatic carbocycles. The van der Waals surface area contributed by atoms with E-state index < -0.39 is 0 Å². The number of furan rings is 1. The second-order valence-corrected chi connectivity index (χ2v) is 8.10. The summed E-state index contributed by atoms with van der Waals surface area (Å²) in [5, 5.41) is 5.20. The van der Waals surface area contributed by atoms with Gasteiger partial charge in [0.15, 0.2) is 0 Å². The number of hydrogen-bond acceptors (Lipinski definition) is 4. The monoisotopic (exact) mass is 376 g/mol. The van der Waals surface area contributed by atoms with Crippen LogP contribution in [0, 0.1) is 41.3 Å². The van der Waals surface area contributed by atoms with E-state index in [1.807, 2.05) is 0 Å². The predicted octanol–water partition coefficient (Wildman–Crippen LogP) is 3.47. The van der Waals surface area contributed by atoms with Crippen LogP contribution in [0.25, 0.3) is 11.3 Å². The minimum absolute atomic E-state index is 0.186. The lowest BCUT2D eigenvalue weighted by Crippen LogP contribution is -2.40. The molecule has 2 saturated carbocycles. The van der Waals surface area contributed by atoms with Gasteiger partial charge in [0, 0.05) is 5.56 Å². The van der Waals surface area contributed by atoms with E-state index in [0.717, 1.165) is 17.0 Å². The number of nitrogens with zero attached hydrogens (tertiary/aromatic N) is 2. The number of benzene rings is 1. The van der Waals surface area contributed by atoms with Gasteiger partial charge in [-0.15, -0.1) is 0 Å². The molecule has 5 aliphatic rings. The molecule has 6 atom stereocenters. The van der Waals surface area contributed by atoms with Crippen LogP contribution in [0.3, 0.4) is 0 Å². The molecule has 4 aliphatic carbocycles. The Labute approximate surface area is 160 Å². The Bertz CT molecular complexity index is 1020. The normalized spacial score (nSPS) is 35.0. The maximum atomic E-state index is 13.1. The van der Waals surface area contributed by atoms with Crippen molar-refractivity contribution in [2.45, 2.75) is 6.42 Å².